The summed E-state index contributed by atoms with van der Waals surface area (Å²) in [4.78, 5) is 18.5. The van der Waals surface area contributed by atoms with Crippen LogP contribution in [0.3, 0.4) is 0 Å². The quantitative estimate of drug-likeness (QED) is 0.146. The van der Waals surface area contributed by atoms with E-state index in [1.54, 1.807) is 42.7 Å². The first-order chi connectivity index (χ1) is 15.7. The standard InChI is InChI=1S/C22H27N5O4S/c1-29-20-14-17(5-6-19(20)31-21(28)18-4-2-7-23-16-18)15-25-26-22(32)24-8-3-9-27-10-12-30-13-11-27/h2,4-7,14-16H,3,8-13H2,1H3,(H2,24,26,32)/b25-15+. The molecule has 10 heteroatoms. The van der Waals surface area contributed by atoms with E-state index in [0.29, 0.717) is 22.2 Å². The van der Waals surface area contributed by atoms with Crippen molar-refractivity contribution in [1.82, 2.24) is 20.6 Å². The zero-order chi connectivity index (χ0) is 22.6. The highest BCUT2D eigenvalue weighted by molar-refractivity contribution is 7.80. The largest absolute Gasteiger partial charge is 0.493 e. The van der Waals surface area contributed by atoms with E-state index < -0.39 is 5.97 Å². The van der Waals surface area contributed by atoms with E-state index in [0.717, 1.165) is 51.4 Å². The minimum absolute atomic E-state index is 0.309. The first-order valence-corrected chi connectivity index (χ1v) is 10.7. The molecule has 2 N–H and O–H groups in total. The Balaban J connectivity index is 1.43. The number of benzene rings is 1. The summed E-state index contributed by atoms with van der Waals surface area (Å²) in [5, 5.41) is 7.74. The van der Waals surface area contributed by atoms with Gasteiger partial charge in [-0.25, -0.2) is 4.79 Å². The normalized spacial score (nSPS) is 14.2. The molecule has 1 saturated heterocycles. The summed E-state index contributed by atoms with van der Waals surface area (Å²) in [6, 6.07) is 8.43. The molecule has 1 aromatic heterocycles. The third-order valence-corrected chi connectivity index (χ3v) is 4.94. The van der Waals surface area contributed by atoms with Gasteiger partial charge in [-0.05, 0) is 61.1 Å². The van der Waals surface area contributed by atoms with Crippen LogP contribution in [0, 0.1) is 0 Å². The summed E-state index contributed by atoms with van der Waals surface area (Å²) in [7, 11) is 1.51. The number of aromatic nitrogens is 1. The molecular formula is C22H27N5O4S. The van der Waals surface area contributed by atoms with E-state index in [9.17, 15) is 4.79 Å². The number of nitrogens with zero attached hydrogens (tertiary/aromatic N) is 3. The molecule has 0 spiro atoms. The number of nitrogens with one attached hydrogen (secondary N) is 2. The molecule has 1 fully saturated rings. The fourth-order valence-electron chi connectivity index (χ4n) is 3.03. The Bertz CT molecular complexity index is 920. The van der Waals surface area contributed by atoms with Gasteiger partial charge in [0.15, 0.2) is 16.6 Å². The average molecular weight is 458 g/mol. The highest BCUT2D eigenvalue weighted by Crippen LogP contribution is 2.28. The lowest BCUT2D eigenvalue weighted by Crippen LogP contribution is -2.39. The number of thiocarbonyl (C=S) groups is 1. The maximum absolute atomic E-state index is 12.2. The van der Waals surface area contributed by atoms with Crippen molar-refractivity contribution in [1.29, 1.82) is 0 Å². The summed E-state index contributed by atoms with van der Waals surface area (Å²) >= 11 is 5.25. The Morgan fingerprint density at radius 1 is 1.31 bits per heavy atom. The van der Waals surface area contributed by atoms with Crippen molar-refractivity contribution < 1.29 is 19.0 Å². The summed E-state index contributed by atoms with van der Waals surface area (Å²) in [5.41, 5.74) is 3.91. The van der Waals surface area contributed by atoms with Crippen molar-refractivity contribution in [3.63, 3.8) is 0 Å². The number of hydrogen-bond donors (Lipinski definition) is 2. The van der Waals surface area contributed by atoms with E-state index >= 15 is 0 Å². The van der Waals surface area contributed by atoms with Crippen molar-refractivity contribution in [2.24, 2.45) is 5.10 Å². The molecule has 1 aliphatic heterocycles. The molecule has 9 nitrogen and oxygen atoms in total. The molecule has 0 aliphatic carbocycles. The second-order valence-corrected chi connectivity index (χ2v) is 7.38. The van der Waals surface area contributed by atoms with Gasteiger partial charge in [-0.2, -0.15) is 5.10 Å². The number of carbonyl (C=O) groups excluding carboxylic acids is 1. The fourth-order valence-corrected chi connectivity index (χ4v) is 3.18. The first kappa shape index (κ1) is 23.6. The van der Waals surface area contributed by atoms with Gasteiger partial charge in [0.05, 0.1) is 32.1 Å². The monoisotopic (exact) mass is 457 g/mol. The van der Waals surface area contributed by atoms with Crippen molar-refractivity contribution >= 4 is 29.5 Å². The van der Waals surface area contributed by atoms with E-state index in [2.05, 4.69) is 25.7 Å². The smallest absolute Gasteiger partial charge is 0.345 e. The molecule has 32 heavy (non-hydrogen) atoms. The minimum atomic E-state index is -0.510. The predicted molar refractivity (Wildman–Crippen MR) is 125 cm³/mol. The molecule has 3 rings (SSSR count). The molecular weight excluding hydrogens is 430 g/mol. The Hall–Kier alpha value is -3.08. The van der Waals surface area contributed by atoms with Gasteiger partial charge >= 0.3 is 5.97 Å². The van der Waals surface area contributed by atoms with Crippen molar-refractivity contribution in [2.75, 3.05) is 46.5 Å². The molecule has 0 amide bonds. The number of hydrogen-bond acceptors (Lipinski definition) is 8. The zero-order valence-electron chi connectivity index (χ0n) is 18.0. The minimum Gasteiger partial charge on any atom is -0.493 e. The third-order valence-electron chi connectivity index (χ3n) is 4.71. The summed E-state index contributed by atoms with van der Waals surface area (Å²) in [6.07, 6.45) is 5.63. The van der Waals surface area contributed by atoms with Gasteiger partial charge in [-0.3, -0.25) is 15.3 Å². The number of morpholine rings is 1. The molecule has 170 valence electrons. The molecule has 0 unspecified atom stereocenters. The second kappa shape index (κ2) is 12.7. The number of esters is 1. The SMILES string of the molecule is COc1cc(/C=N/NC(=S)NCCCN2CCOCC2)ccc1OC(=O)c1cccnc1. The van der Waals surface area contributed by atoms with Gasteiger partial charge in [0, 0.05) is 32.0 Å². The summed E-state index contributed by atoms with van der Waals surface area (Å²) in [5.74, 6) is 0.212. The van der Waals surface area contributed by atoms with Crippen molar-refractivity contribution in [2.45, 2.75) is 6.42 Å². The molecule has 0 radical (unpaired) electrons. The molecule has 1 aliphatic rings. The van der Waals surface area contributed by atoms with Crippen LogP contribution in [0.4, 0.5) is 0 Å². The highest BCUT2D eigenvalue weighted by Gasteiger charge is 2.13. The number of pyridine rings is 1. The van der Waals surface area contributed by atoms with Crippen LogP contribution in [0.15, 0.2) is 47.8 Å². The highest BCUT2D eigenvalue weighted by atomic mass is 32.1. The summed E-state index contributed by atoms with van der Waals surface area (Å²) in [6.45, 7) is 5.36. The number of methoxy groups -OCH3 is 1. The lowest BCUT2D eigenvalue weighted by atomic mass is 10.2. The van der Waals surface area contributed by atoms with Gasteiger partial charge in [0.25, 0.3) is 0 Å². The van der Waals surface area contributed by atoms with Crippen molar-refractivity contribution in [3.05, 3.63) is 53.9 Å². The van der Waals surface area contributed by atoms with Crippen molar-refractivity contribution in [3.8, 4) is 11.5 Å². The second-order valence-electron chi connectivity index (χ2n) is 6.97. The maximum Gasteiger partial charge on any atom is 0.345 e. The number of ether oxygens (including phenoxy) is 3. The number of hydrazone groups is 1. The van der Waals surface area contributed by atoms with Crippen LogP contribution in [0.25, 0.3) is 0 Å². The maximum atomic E-state index is 12.2. The molecule has 2 heterocycles. The Morgan fingerprint density at radius 2 is 2.16 bits per heavy atom. The molecule has 2 aromatic rings. The Kier molecular flexibility index (Phi) is 9.36. The van der Waals surface area contributed by atoms with Gasteiger partial charge in [0.2, 0.25) is 0 Å². The predicted octanol–water partition coefficient (Wildman–Crippen LogP) is 1.83. The van der Waals surface area contributed by atoms with Gasteiger partial charge in [-0.15, -0.1) is 0 Å². The van der Waals surface area contributed by atoms with Gasteiger partial charge in [0.1, 0.15) is 0 Å². The van der Waals surface area contributed by atoms with Crippen LogP contribution >= 0.6 is 12.2 Å². The van der Waals surface area contributed by atoms with Crippen LogP contribution in [-0.2, 0) is 4.74 Å². The van der Waals surface area contributed by atoms with Crippen LogP contribution in [0.5, 0.6) is 11.5 Å². The number of rotatable bonds is 9. The molecule has 1 aromatic carbocycles. The van der Waals surface area contributed by atoms with Gasteiger partial charge in [-0.1, -0.05) is 0 Å². The van der Waals surface area contributed by atoms with E-state index in [-0.39, 0.29) is 0 Å². The van der Waals surface area contributed by atoms with E-state index in [1.807, 2.05) is 0 Å². The topological polar surface area (TPSA) is 97.3 Å². The molecule has 0 saturated carbocycles. The first-order valence-electron chi connectivity index (χ1n) is 10.3. The van der Waals surface area contributed by atoms with Crippen LogP contribution < -0.4 is 20.2 Å². The Labute approximate surface area is 192 Å². The number of carbonyl (C=O) groups is 1. The average Bonchev–Trinajstić information content (AvgIpc) is 2.84. The van der Waals surface area contributed by atoms with Crippen LogP contribution in [0.1, 0.15) is 22.3 Å². The van der Waals surface area contributed by atoms with Crippen LogP contribution in [-0.4, -0.2) is 73.7 Å². The molecule has 0 bridgehead atoms. The van der Waals surface area contributed by atoms with E-state index in [4.69, 9.17) is 26.4 Å². The lowest BCUT2D eigenvalue weighted by molar-refractivity contribution is 0.0376. The van der Waals surface area contributed by atoms with Crippen LogP contribution in [0.2, 0.25) is 0 Å². The third kappa shape index (κ3) is 7.56. The van der Waals surface area contributed by atoms with Gasteiger partial charge < -0.3 is 19.5 Å². The lowest BCUT2D eigenvalue weighted by Gasteiger charge is -2.26. The fraction of sp³-hybridized carbons (Fsp3) is 0.364. The summed E-state index contributed by atoms with van der Waals surface area (Å²) < 4.78 is 16.1. The molecule has 0 atom stereocenters. The van der Waals surface area contributed by atoms with E-state index in [1.165, 1.54) is 13.3 Å². The zero-order valence-corrected chi connectivity index (χ0v) is 18.8. The Morgan fingerprint density at radius 3 is 2.91 bits per heavy atom.